The van der Waals surface area contributed by atoms with Gasteiger partial charge in [0, 0.05) is 38.9 Å². The topological polar surface area (TPSA) is 41.6 Å². The molecule has 0 unspecified atom stereocenters. The van der Waals surface area contributed by atoms with Gasteiger partial charge in [-0.2, -0.15) is 0 Å². The molecule has 0 bridgehead atoms. The molecule has 0 aromatic heterocycles. The predicted octanol–water partition coefficient (Wildman–Crippen LogP) is 2.22. The number of ether oxygens (including phenoxy) is 1. The van der Waals surface area contributed by atoms with E-state index in [1.54, 1.807) is 13.2 Å². The lowest BCUT2D eigenvalue weighted by atomic mass is 10.1. The zero-order valence-corrected chi connectivity index (χ0v) is 13.4. The normalized spacial score (nSPS) is 18.6. The molecule has 1 aromatic rings. The monoisotopic (exact) mass is 308 g/mol. The van der Waals surface area contributed by atoms with Crippen LogP contribution in [0.3, 0.4) is 0 Å². The fourth-order valence-corrected chi connectivity index (χ4v) is 2.89. The smallest absolute Gasteiger partial charge is 0.251 e. The maximum Gasteiger partial charge on any atom is 0.251 e. The van der Waals surface area contributed by atoms with E-state index in [-0.39, 0.29) is 11.7 Å². The molecule has 0 aliphatic carbocycles. The molecule has 1 atom stereocenters. The SMILES string of the molecule is COCCCN1CC[C@H](CNC(=O)c2cc(F)ccc2C)C1. The summed E-state index contributed by atoms with van der Waals surface area (Å²) in [5, 5.41) is 2.94. The Morgan fingerprint density at radius 2 is 2.32 bits per heavy atom. The molecule has 0 spiro atoms. The number of carbonyl (C=O) groups is 1. The van der Waals surface area contributed by atoms with Gasteiger partial charge < -0.3 is 15.0 Å². The molecule has 4 nitrogen and oxygen atoms in total. The second kappa shape index (κ2) is 8.25. The Morgan fingerprint density at radius 3 is 3.09 bits per heavy atom. The summed E-state index contributed by atoms with van der Waals surface area (Å²) in [6.45, 7) is 6.38. The molecule has 1 saturated heterocycles. The number of hydrogen-bond donors (Lipinski definition) is 1. The van der Waals surface area contributed by atoms with Gasteiger partial charge in [-0.25, -0.2) is 4.39 Å². The van der Waals surface area contributed by atoms with Crippen LogP contribution in [0.5, 0.6) is 0 Å². The summed E-state index contributed by atoms with van der Waals surface area (Å²) in [4.78, 5) is 14.6. The van der Waals surface area contributed by atoms with Gasteiger partial charge in [0.05, 0.1) is 0 Å². The van der Waals surface area contributed by atoms with Crippen molar-refractivity contribution in [3.63, 3.8) is 0 Å². The van der Waals surface area contributed by atoms with Gasteiger partial charge in [0.2, 0.25) is 0 Å². The van der Waals surface area contributed by atoms with E-state index >= 15 is 0 Å². The zero-order valence-electron chi connectivity index (χ0n) is 13.4. The fraction of sp³-hybridized carbons (Fsp3) is 0.588. The number of benzene rings is 1. The minimum absolute atomic E-state index is 0.185. The third-order valence-corrected chi connectivity index (χ3v) is 4.19. The Kier molecular flexibility index (Phi) is 6.34. The molecule has 1 heterocycles. The first kappa shape index (κ1) is 16.9. The van der Waals surface area contributed by atoms with E-state index in [2.05, 4.69) is 10.2 Å². The Labute approximate surface area is 131 Å². The summed E-state index contributed by atoms with van der Waals surface area (Å²) >= 11 is 0. The highest BCUT2D eigenvalue weighted by Crippen LogP contribution is 2.16. The van der Waals surface area contributed by atoms with Crippen LogP contribution >= 0.6 is 0 Å². The Morgan fingerprint density at radius 1 is 1.50 bits per heavy atom. The molecule has 1 aliphatic rings. The molecular formula is C17H25FN2O2. The van der Waals surface area contributed by atoms with E-state index < -0.39 is 0 Å². The van der Waals surface area contributed by atoms with Gasteiger partial charge in [-0.15, -0.1) is 0 Å². The minimum atomic E-state index is -0.374. The molecule has 22 heavy (non-hydrogen) atoms. The number of nitrogens with one attached hydrogen (secondary N) is 1. The molecule has 2 rings (SSSR count). The Hall–Kier alpha value is -1.46. The number of methoxy groups -OCH3 is 1. The quantitative estimate of drug-likeness (QED) is 0.785. The number of amides is 1. The van der Waals surface area contributed by atoms with Crippen molar-refractivity contribution in [1.82, 2.24) is 10.2 Å². The number of halogens is 1. The molecule has 1 aliphatic heterocycles. The number of hydrogen-bond acceptors (Lipinski definition) is 3. The van der Waals surface area contributed by atoms with Gasteiger partial charge in [0.25, 0.3) is 5.91 Å². The van der Waals surface area contributed by atoms with Gasteiger partial charge in [-0.1, -0.05) is 6.07 Å². The second-order valence-corrected chi connectivity index (χ2v) is 5.97. The van der Waals surface area contributed by atoms with Crippen LogP contribution < -0.4 is 5.32 Å². The lowest BCUT2D eigenvalue weighted by Gasteiger charge is -2.16. The van der Waals surface area contributed by atoms with Crippen molar-refractivity contribution >= 4 is 5.91 Å². The number of carbonyl (C=O) groups excluding carboxylic acids is 1. The van der Waals surface area contributed by atoms with Crippen LogP contribution in [0.2, 0.25) is 0 Å². The highest BCUT2D eigenvalue weighted by molar-refractivity contribution is 5.95. The van der Waals surface area contributed by atoms with Gasteiger partial charge in [0.15, 0.2) is 0 Å². The maximum atomic E-state index is 13.3. The average molecular weight is 308 g/mol. The van der Waals surface area contributed by atoms with Gasteiger partial charge in [-0.3, -0.25) is 4.79 Å². The largest absolute Gasteiger partial charge is 0.385 e. The minimum Gasteiger partial charge on any atom is -0.385 e. The molecule has 1 N–H and O–H groups in total. The molecule has 5 heteroatoms. The Balaban J connectivity index is 1.76. The molecule has 0 radical (unpaired) electrons. The van der Waals surface area contributed by atoms with E-state index in [0.717, 1.165) is 44.6 Å². The van der Waals surface area contributed by atoms with E-state index in [1.165, 1.54) is 12.1 Å². The zero-order chi connectivity index (χ0) is 15.9. The summed E-state index contributed by atoms with van der Waals surface area (Å²) in [6.07, 6.45) is 2.13. The van der Waals surface area contributed by atoms with Crippen molar-refractivity contribution in [3.8, 4) is 0 Å². The van der Waals surface area contributed by atoms with Crippen molar-refractivity contribution in [2.45, 2.75) is 19.8 Å². The summed E-state index contributed by atoms with van der Waals surface area (Å²) in [5.74, 6) is -0.0869. The van der Waals surface area contributed by atoms with Crippen LogP contribution in [0.1, 0.15) is 28.8 Å². The number of nitrogens with zero attached hydrogens (tertiary/aromatic N) is 1. The van der Waals surface area contributed by atoms with E-state index in [1.807, 2.05) is 6.92 Å². The highest BCUT2D eigenvalue weighted by atomic mass is 19.1. The van der Waals surface area contributed by atoms with Crippen molar-refractivity contribution in [3.05, 3.63) is 35.1 Å². The number of aryl methyl sites for hydroxylation is 1. The summed E-state index contributed by atoms with van der Waals surface area (Å²) in [5.41, 5.74) is 1.22. The molecule has 0 saturated carbocycles. The van der Waals surface area contributed by atoms with Crippen molar-refractivity contribution in [2.75, 3.05) is 39.9 Å². The lowest BCUT2D eigenvalue weighted by molar-refractivity contribution is 0.0946. The van der Waals surface area contributed by atoms with Gasteiger partial charge in [-0.05, 0) is 49.9 Å². The van der Waals surface area contributed by atoms with Crippen molar-refractivity contribution in [2.24, 2.45) is 5.92 Å². The number of likely N-dealkylation sites (tertiary alicyclic amines) is 1. The maximum absolute atomic E-state index is 13.3. The summed E-state index contributed by atoms with van der Waals surface area (Å²) in [6, 6.07) is 4.31. The van der Waals surface area contributed by atoms with Crippen molar-refractivity contribution < 1.29 is 13.9 Å². The van der Waals surface area contributed by atoms with Crippen LogP contribution in [0.15, 0.2) is 18.2 Å². The highest BCUT2D eigenvalue weighted by Gasteiger charge is 2.22. The second-order valence-electron chi connectivity index (χ2n) is 5.97. The lowest BCUT2D eigenvalue weighted by Crippen LogP contribution is -2.31. The van der Waals surface area contributed by atoms with Gasteiger partial charge >= 0.3 is 0 Å². The molecule has 1 amide bonds. The molecule has 1 fully saturated rings. The average Bonchev–Trinajstić information content (AvgIpc) is 2.95. The first-order valence-corrected chi connectivity index (χ1v) is 7.86. The first-order chi connectivity index (χ1) is 10.6. The molecular weight excluding hydrogens is 283 g/mol. The summed E-state index contributed by atoms with van der Waals surface area (Å²) < 4.78 is 18.3. The van der Waals surface area contributed by atoms with Crippen LogP contribution in [0.4, 0.5) is 4.39 Å². The predicted molar refractivity (Wildman–Crippen MR) is 84.5 cm³/mol. The molecule has 1 aromatic carbocycles. The van der Waals surface area contributed by atoms with E-state index in [0.29, 0.717) is 18.0 Å². The molecule has 122 valence electrons. The van der Waals surface area contributed by atoms with Crippen LogP contribution in [-0.2, 0) is 4.74 Å². The van der Waals surface area contributed by atoms with E-state index in [9.17, 15) is 9.18 Å². The van der Waals surface area contributed by atoms with Crippen LogP contribution in [0.25, 0.3) is 0 Å². The van der Waals surface area contributed by atoms with Crippen molar-refractivity contribution in [1.29, 1.82) is 0 Å². The van der Waals surface area contributed by atoms with Gasteiger partial charge in [0.1, 0.15) is 5.82 Å². The number of rotatable bonds is 7. The van der Waals surface area contributed by atoms with Crippen LogP contribution in [0, 0.1) is 18.7 Å². The fourth-order valence-electron chi connectivity index (χ4n) is 2.89. The standard InChI is InChI=1S/C17H25FN2O2/c1-13-4-5-15(18)10-16(13)17(21)19-11-14-6-8-20(12-14)7-3-9-22-2/h4-5,10,14H,3,6-9,11-12H2,1-2H3,(H,19,21)/t14-/m1/s1. The third-order valence-electron chi connectivity index (χ3n) is 4.19. The third kappa shape index (κ3) is 4.78. The summed E-state index contributed by atoms with van der Waals surface area (Å²) in [7, 11) is 1.72. The Bertz CT molecular complexity index is 507. The van der Waals surface area contributed by atoms with E-state index in [4.69, 9.17) is 4.74 Å². The van der Waals surface area contributed by atoms with Crippen LogP contribution in [-0.4, -0.2) is 50.7 Å². The first-order valence-electron chi connectivity index (χ1n) is 7.86.